The Morgan fingerprint density at radius 3 is 2.71 bits per heavy atom. The maximum atomic E-state index is 12.2. The van der Waals surface area contributed by atoms with Crippen molar-refractivity contribution in [1.82, 2.24) is 9.62 Å². The summed E-state index contributed by atoms with van der Waals surface area (Å²) >= 11 is 0. The molecule has 1 aromatic rings. The first-order valence-corrected chi connectivity index (χ1v) is 7.18. The van der Waals surface area contributed by atoms with Gasteiger partial charge in [-0.1, -0.05) is 6.92 Å². The highest BCUT2D eigenvalue weighted by molar-refractivity contribution is 7.89. The predicted molar refractivity (Wildman–Crippen MR) is 67.1 cm³/mol. The Bertz CT molecular complexity index is 414. The van der Waals surface area contributed by atoms with Crippen LogP contribution in [-0.2, 0) is 16.6 Å². The molecule has 0 aliphatic heterocycles. The summed E-state index contributed by atoms with van der Waals surface area (Å²) in [5.74, 6) is 0.659. The van der Waals surface area contributed by atoms with Gasteiger partial charge in [0.1, 0.15) is 5.76 Å². The van der Waals surface area contributed by atoms with Gasteiger partial charge in [-0.3, -0.25) is 0 Å². The topological polar surface area (TPSA) is 62.6 Å². The average molecular weight is 260 g/mol. The van der Waals surface area contributed by atoms with Crippen LogP contribution in [0.2, 0.25) is 0 Å². The third-order valence-corrected chi connectivity index (χ3v) is 4.92. The molecule has 98 valence electrons. The van der Waals surface area contributed by atoms with Crippen molar-refractivity contribution in [3.63, 3.8) is 0 Å². The van der Waals surface area contributed by atoms with Crippen molar-refractivity contribution >= 4 is 10.0 Å². The second kappa shape index (κ2) is 6.18. The number of nitrogens with zero attached hydrogens (tertiary/aromatic N) is 1. The molecule has 0 spiro atoms. The van der Waals surface area contributed by atoms with E-state index in [0.29, 0.717) is 25.4 Å². The lowest BCUT2D eigenvalue weighted by Gasteiger charge is -2.23. The summed E-state index contributed by atoms with van der Waals surface area (Å²) in [6.45, 7) is 4.71. The van der Waals surface area contributed by atoms with Crippen LogP contribution in [0, 0.1) is 0 Å². The SMILES string of the molecule is CCN(Cc1ccco1)S(=O)(=O)C(C)CNC. The fraction of sp³-hybridized carbons (Fsp3) is 0.636. The average Bonchev–Trinajstić information content (AvgIpc) is 2.78. The van der Waals surface area contributed by atoms with E-state index in [-0.39, 0.29) is 0 Å². The van der Waals surface area contributed by atoms with E-state index in [2.05, 4.69) is 5.32 Å². The second-order valence-electron chi connectivity index (χ2n) is 3.92. The van der Waals surface area contributed by atoms with Gasteiger partial charge in [0.15, 0.2) is 0 Å². The number of hydrogen-bond donors (Lipinski definition) is 1. The van der Waals surface area contributed by atoms with E-state index in [1.165, 1.54) is 4.31 Å². The molecule has 0 radical (unpaired) electrons. The molecule has 1 unspecified atom stereocenters. The minimum Gasteiger partial charge on any atom is -0.468 e. The molecule has 5 nitrogen and oxygen atoms in total. The third kappa shape index (κ3) is 3.55. The van der Waals surface area contributed by atoms with E-state index in [1.54, 1.807) is 32.4 Å². The largest absolute Gasteiger partial charge is 0.468 e. The van der Waals surface area contributed by atoms with Gasteiger partial charge >= 0.3 is 0 Å². The van der Waals surface area contributed by atoms with Crippen LogP contribution in [0.1, 0.15) is 19.6 Å². The summed E-state index contributed by atoms with van der Waals surface area (Å²) in [6, 6.07) is 3.54. The van der Waals surface area contributed by atoms with Crippen LogP contribution in [0.15, 0.2) is 22.8 Å². The van der Waals surface area contributed by atoms with E-state index in [0.717, 1.165) is 0 Å². The standard InChI is InChI=1S/C11H20N2O3S/c1-4-13(9-11-6-5-7-16-11)17(14,15)10(2)8-12-3/h5-7,10,12H,4,8-9H2,1-3H3. The van der Waals surface area contributed by atoms with Gasteiger partial charge in [0, 0.05) is 13.1 Å². The van der Waals surface area contributed by atoms with Crippen LogP contribution in [0.25, 0.3) is 0 Å². The molecule has 1 aromatic heterocycles. The van der Waals surface area contributed by atoms with Crippen molar-refractivity contribution in [3.8, 4) is 0 Å². The summed E-state index contributed by atoms with van der Waals surface area (Å²) in [5, 5.41) is 2.44. The molecule has 17 heavy (non-hydrogen) atoms. The first kappa shape index (κ1) is 14.2. The second-order valence-corrected chi connectivity index (χ2v) is 6.27. The maximum Gasteiger partial charge on any atom is 0.218 e. The van der Waals surface area contributed by atoms with Gasteiger partial charge in [-0.25, -0.2) is 8.42 Å². The van der Waals surface area contributed by atoms with Crippen molar-refractivity contribution in [3.05, 3.63) is 24.2 Å². The summed E-state index contributed by atoms with van der Waals surface area (Å²) in [7, 11) is -1.53. The molecule has 0 aliphatic rings. The van der Waals surface area contributed by atoms with Crippen molar-refractivity contribution in [2.24, 2.45) is 0 Å². The van der Waals surface area contributed by atoms with E-state index in [4.69, 9.17) is 4.42 Å². The summed E-state index contributed by atoms with van der Waals surface area (Å²) < 4.78 is 31.1. The van der Waals surface area contributed by atoms with Gasteiger partial charge in [0.25, 0.3) is 0 Å². The molecule has 0 saturated carbocycles. The van der Waals surface area contributed by atoms with Gasteiger partial charge in [-0.15, -0.1) is 0 Å². The molecule has 0 saturated heterocycles. The highest BCUT2D eigenvalue weighted by atomic mass is 32.2. The number of rotatable bonds is 7. The molecule has 0 fully saturated rings. The van der Waals surface area contributed by atoms with Gasteiger partial charge in [-0.05, 0) is 26.1 Å². The molecule has 0 aromatic carbocycles. The fourth-order valence-electron chi connectivity index (χ4n) is 1.61. The number of sulfonamides is 1. The molecule has 0 amide bonds. The zero-order valence-corrected chi connectivity index (χ0v) is 11.3. The molecule has 1 atom stereocenters. The van der Waals surface area contributed by atoms with Crippen molar-refractivity contribution in [2.75, 3.05) is 20.1 Å². The molecular formula is C11H20N2O3S. The van der Waals surface area contributed by atoms with E-state index in [9.17, 15) is 8.42 Å². The van der Waals surface area contributed by atoms with E-state index in [1.807, 2.05) is 6.92 Å². The fourth-order valence-corrected chi connectivity index (χ4v) is 3.16. The Balaban J connectivity index is 2.79. The van der Waals surface area contributed by atoms with Gasteiger partial charge in [0.05, 0.1) is 18.1 Å². The van der Waals surface area contributed by atoms with Crippen LogP contribution in [0.5, 0.6) is 0 Å². The van der Waals surface area contributed by atoms with Crippen molar-refractivity contribution < 1.29 is 12.8 Å². The lowest BCUT2D eigenvalue weighted by Crippen LogP contribution is -2.40. The first-order valence-electron chi connectivity index (χ1n) is 5.68. The Hall–Kier alpha value is -0.850. The Morgan fingerprint density at radius 2 is 2.24 bits per heavy atom. The number of nitrogens with one attached hydrogen (secondary N) is 1. The minimum atomic E-state index is -3.28. The van der Waals surface area contributed by atoms with Crippen molar-refractivity contribution in [2.45, 2.75) is 25.6 Å². The number of hydrogen-bond acceptors (Lipinski definition) is 4. The Kier molecular flexibility index (Phi) is 5.17. The van der Waals surface area contributed by atoms with E-state index >= 15 is 0 Å². The molecule has 1 rings (SSSR count). The predicted octanol–water partition coefficient (Wildman–Crippen LogP) is 1.04. The number of furan rings is 1. The molecule has 1 heterocycles. The molecule has 0 bridgehead atoms. The zero-order valence-electron chi connectivity index (χ0n) is 10.5. The maximum absolute atomic E-state index is 12.2. The third-order valence-electron chi connectivity index (χ3n) is 2.62. The van der Waals surface area contributed by atoms with Gasteiger partial charge < -0.3 is 9.73 Å². The lowest BCUT2D eigenvalue weighted by molar-refractivity contribution is 0.371. The van der Waals surface area contributed by atoms with Gasteiger partial charge in [-0.2, -0.15) is 4.31 Å². The minimum absolute atomic E-state index is 0.292. The Morgan fingerprint density at radius 1 is 1.53 bits per heavy atom. The summed E-state index contributed by atoms with van der Waals surface area (Å²) in [5.41, 5.74) is 0. The van der Waals surface area contributed by atoms with Gasteiger partial charge in [0.2, 0.25) is 10.0 Å². The molecule has 6 heteroatoms. The lowest BCUT2D eigenvalue weighted by atomic mass is 10.4. The zero-order chi connectivity index (χ0) is 12.9. The van der Waals surface area contributed by atoms with E-state index < -0.39 is 15.3 Å². The highest BCUT2D eigenvalue weighted by Crippen LogP contribution is 2.13. The normalized spacial score (nSPS) is 14.1. The smallest absolute Gasteiger partial charge is 0.218 e. The first-order chi connectivity index (χ1) is 8.02. The molecular weight excluding hydrogens is 240 g/mol. The Labute approximate surface area is 103 Å². The highest BCUT2D eigenvalue weighted by Gasteiger charge is 2.27. The summed E-state index contributed by atoms with van der Waals surface area (Å²) in [4.78, 5) is 0. The van der Waals surface area contributed by atoms with Crippen LogP contribution in [0.3, 0.4) is 0 Å². The van der Waals surface area contributed by atoms with Crippen LogP contribution in [-0.4, -0.2) is 38.1 Å². The van der Waals surface area contributed by atoms with Crippen molar-refractivity contribution in [1.29, 1.82) is 0 Å². The van der Waals surface area contributed by atoms with Crippen LogP contribution < -0.4 is 5.32 Å². The molecule has 0 aliphatic carbocycles. The van der Waals surface area contributed by atoms with Crippen LogP contribution >= 0.6 is 0 Å². The monoisotopic (exact) mass is 260 g/mol. The quantitative estimate of drug-likeness (QED) is 0.795. The molecule has 1 N–H and O–H groups in total. The van der Waals surface area contributed by atoms with Crippen LogP contribution in [0.4, 0.5) is 0 Å². The summed E-state index contributed by atoms with van der Waals surface area (Å²) in [6.07, 6.45) is 1.55.